The lowest BCUT2D eigenvalue weighted by Gasteiger charge is -2.05. The molecule has 0 aromatic heterocycles. The number of rotatable bonds is 5. The monoisotopic (exact) mass is 208 g/mol. The molecule has 0 aliphatic heterocycles. The number of hydrogen-bond acceptors (Lipinski definition) is 3. The maximum Gasteiger partial charge on any atom is 0.250 e. The van der Waals surface area contributed by atoms with E-state index in [-0.39, 0.29) is 12.5 Å². The molecule has 1 rings (SSSR count). The molecule has 0 heterocycles. The van der Waals surface area contributed by atoms with Gasteiger partial charge in [-0.25, -0.2) is 0 Å². The Morgan fingerprint density at radius 3 is 2.60 bits per heavy atom. The van der Waals surface area contributed by atoms with Crippen molar-refractivity contribution in [3.05, 3.63) is 29.8 Å². The molecule has 3 N–H and O–H groups in total. The molecule has 1 aromatic carbocycles. The van der Waals surface area contributed by atoms with E-state index in [2.05, 4.69) is 5.32 Å². The van der Waals surface area contributed by atoms with Gasteiger partial charge in [-0.2, -0.15) is 0 Å². The first kappa shape index (κ1) is 11.7. The van der Waals surface area contributed by atoms with Crippen LogP contribution in [0.25, 0.3) is 0 Å². The molecular weight excluding hydrogens is 192 g/mol. The van der Waals surface area contributed by atoms with E-state index in [1.807, 2.05) is 31.2 Å². The third-order valence-electron chi connectivity index (χ3n) is 1.91. The number of carbonyl (C=O) groups excluding carboxylic acids is 1. The second-order valence-electron chi connectivity index (χ2n) is 3.09. The van der Waals surface area contributed by atoms with Crippen LogP contribution in [0.1, 0.15) is 12.5 Å². The first-order valence-corrected chi connectivity index (χ1v) is 4.93. The molecule has 0 unspecified atom stereocenters. The third kappa shape index (κ3) is 4.10. The summed E-state index contributed by atoms with van der Waals surface area (Å²) in [6.45, 7) is 2.99. The van der Waals surface area contributed by atoms with Crippen molar-refractivity contribution in [2.45, 2.75) is 13.5 Å². The highest BCUT2D eigenvalue weighted by molar-refractivity contribution is 5.91. The molecule has 0 radical (unpaired) electrons. The fourth-order valence-electron chi connectivity index (χ4n) is 1.12. The van der Waals surface area contributed by atoms with Crippen LogP contribution >= 0.6 is 0 Å². The fourth-order valence-corrected chi connectivity index (χ4v) is 1.12. The van der Waals surface area contributed by atoms with E-state index in [1.165, 1.54) is 0 Å². The van der Waals surface area contributed by atoms with Crippen LogP contribution < -0.4 is 11.1 Å². The molecule has 4 nitrogen and oxygen atoms in total. The van der Waals surface area contributed by atoms with Gasteiger partial charge >= 0.3 is 0 Å². The van der Waals surface area contributed by atoms with Crippen molar-refractivity contribution in [1.29, 1.82) is 0 Å². The van der Waals surface area contributed by atoms with E-state index in [9.17, 15) is 4.79 Å². The Balaban J connectivity index is 2.46. The van der Waals surface area contributed by atoms with Gasteiger partial charge in [-0.15, -0.1) is 0 Å². The van der Waals surface area contributed by atoms with Gasteiger partial charge in [0.15, 0.2) is 0 Å². The topological polar surface area (TPSA) is 64.3 Å². The number of amides is 1. The predicted molar refractivity (Wildman–Crippen MR) is 59.5 cm³/mol. The number of hydrogen-bond donors (Lipinski definition) is 2. The largest absolute Gasteiger partial charge is 0.372 e. The first-order valence-electron chi connectivity index (χ1n) is 4.93. The van der Waals surface area contributed by atoms with E-state index < -0.39 is 0 Å². The second-order valence-corrected chi connectivity index (χ2v) is 3.09. The number of anilines is 1. The lowest BCUT2D eigenvalue weighted by molar-refractivity contribution is -0.120. The Labute approximate surface area is 89.4 Å². The Bertz CT molecular complexity index is 309. The van der Waals surface area contributed by atoms with Gasteiger partial charge in [0.25, 0.3) is 0 Å². The molecule has 1 aromatic rings. The van der Waals surface area contributed by atoms with Crippen LogP contribution in [0, 0.1) is 0 Å². The van der Waals surface area contributed by atoms with Crippen LogP contribution in [-0.2, 0) is 16.1 Å². The summed E-state index contributed by atoms with van der Waals surface area (Å²) < 4.78 is 4.98. The van der Waals surface area contributed by atoms with Gasteiger partial charge in [0.2, 0.25) is 5.91 Å². The summed E-state index contributed by atoms with van der Waals surface area (Å²) in [5.41, 5.74) is 7.26. The summed E-state index contributed by atoms with van der Waals surface area (Å²) in [6, 6.07) is 7.42. The van der Waals surface area contributed by atoms with Crippen LogP contribution in [0.15, 0.2) is 24.3 Å². The van der Waals surface area contributed by atoms with Gasteiger partial charge in [-0.3, -0.25) is 4.79 Å². The lowest BCUT2D eigenvalue weighted by Crippen LogP contribution is -2.18. The predicted octanol–water partition coefficient (Wildman–Crippen LogP) is 1.12. The van der Waals surface area contributed by atoms with E-state index in [0.29, 0.717) is 13.2 Å². The number of ether oxygens (including phenoxy) is 1. The molecule has 0 spiro atoms. The van der Waals surface area contributed by atoms with Crippen LogP contribution in [-0.4, -0.2) is 19.1 Å². The van der Waals surface area contributed by atoms with Crippen LogP contribution in [0.2, 0.25) is 0 Å². The quantitative estimate of drug-likeness (QED) is 0.762. The highest BCUT2D eigenvalue weighted by Gasteiger charge is 2.01. The van der Waals surface area contributed by atoms with Gasteiger partial charge in [0.1, 0.15) is 6.61 Å². The molecular formula is C11H16N2O2. The van der Waals surface area contributed by atoms with Crippen molar-refractivity contribution in [2.75, 3.05) is 18.5 Å². The normalized spacial score (nSPS) is 10.0. The van der Waals surface area contributed by atoms with Gasteiger partial charge in [-0.1, -0.05) is 12.1 Å². The molecule has 0 bridgehead atoms. The molecule has 4 heteroatoms. The molecule has 0 saturated carbocycles. The molecule has 82 valence electrons. The average molecular weight is 208 g/mol. The fraction of sp³-hybridized carbons (Fsp3) is 0.364. The summed E-state index contributed by atoms with van der Waals surface area (Å²) in [4.78, 5) is 11.3. The average Bonchev–Trinajstić information content (AvgIpc) is 2.27. The zero-order chi connectivity index (χ0) is 11.1. The van der Waals surface area contributed by atoms with E-state index >= 15 is 0 Å². The zero-order valence-electron chi connectivity index (χ0n) is 8.82. The molecule has 0 atom stereocenters. The summed E-state index contributed by atoms with van der Waals surface area (Å²) in [5.74, 6) is -0.141. The van der Waals surface area contributed by atoms with E-state index in [4.69, 9.17) is 10.5 Å². The molecule has 15 heavy (non-hydrogen) atoms. The highest BCUT2D eigenvalue weighted by Crippen LogP contribution is 2.08. The third-order valence-corrected chi connectivity index (χ3v) is 1.91. The van der Waals surface area contributed by atoms with Crippen molar-refractivity contribution in [2.24, 2.45) is 5.73 Å². The Morgan fingerprint density at radius 2 is 2.07 bits per heavy atom. The van der Waals surface area contributed by atoms with Gasteiger partial charge < -0.3 is 15.8 Å². The Hall–Kier alpha value is -1.39. The van der Waals surface area contributed by atoms with Crippen molar-refractivity contribution < 1.29 is 9.53 Å². The molecule has 0 fully saturated rings. The number of nitrogens with one attached hydrogen (secondary N) is 1. The lowest BCUT2D eigenvalue weighted by atomic mass is 10.2. The summed E-state index contributed by atoms with van der Waals surface area (Å²) in [6.07, 6.45) is 0. The summed E-state index contributed by atoms with van der Waals surface area (Å²) in [5, 5.41) is 2.72. The molecule has 1 amide bonds. The molecule has 0 aliphatic rings. The van der Waals surface area contributed by atoms with Crippen molar-refractivity contribution in [1.82, 2.24) is 0 Å². The minimum Gasteiger partial charge on any atom is -0.372 e. The minimum atomic E-state index is -0.141. The smallest absolute Gasteiger partial charge is 0.250 e. The number of benzene rings is 1. The van der Waals surface area contributed by atoms with E-state index in [0.717, 1.165) is 11.3 Å². The van der Waals surface area contributed by atoms with Gasteiger partial charge in [0, 0.05) is 18.8 Å². The van der Waals surface area contributed by atoms with Crippen molar-refractivity contribution >= 4 is 11.6 Å². The van der Waals surface area contributed by atoms with Gasteiger partial charge in [-0.05, 0) is 24.6 Å². The Kier molecular flexibility index (Phi) is 4.80. The maximum absolute atomic E-state index is 11.3. The molecule has 0 saturated heterocycles. The maximum atomic E-state index is 11.3. The Morgan fingerprint density at radius 1 is 1.40 bits per heavy atom. The van der Waals surface area contributed by atoms with Crippen molar-refractivity contribution in [3.63, 3.8) is 0 Å². The highest BCUT2D eigenvalue weighted by atomic mass is 16.5. The SMILES string of the molecule is CCOCC(=O)Nc1ccc(CN)cc1. The molecule has 0 aliphatic carbocycles. The van der Waals surface area contributed by atoms with E-state index in [1.54, 1.807) is 0 Å². The van der Waals surface area contributed by atoms with Gasteiger partial charge in [0.05, 0.1) is 0 Å². The van der Waals surface area contributed by atoms with Crippen LogP contribution in [0.5, 0.6) is 0 Å². The van der Waals surface area contributed by atoms with Crippen molar-refractivity contribution in [3.8, 4) is 0 Å². The standard InChI is InChI=1S/C11H16N2O2/c1-2-15-8-11(14)13-10-5-3-9(7-12)4-6-10/h3-6H,2,7-8,12H2,1H3,(H,13,14). The zero-order valence-corrected chi connectivity index (χ0v) is 8.82. The second kappa shape index (κ2) is 6.16. The minimum absolute atomic E-state index is 0.0924. The van der Waals surface area contributed by atoms with Crippen LogP contribution in [0.4, 0.5) is 5.69 Å². The summed E-state index contributed by atoms with van der Waals surface area (Å²) >= 11 is 0. The van der Waals surface area contributed by atoms with Crippen LogP contribution in [0.3, 0.4) is 0 Å². The number of nitrogens with two attached hydrogens (primary N) is 1. The number of carbonyl (C=O) groups is 1. The first-order chi connectivity index (χ1) is 7.26. The summed E-state index contributed by atoms with van der Waals surface area (Å²) in [7, 11) is 0.